The monoisotopic (exact) mass is 331 g/mol. The molecule has 0 aliphatic heterocycles. The number of aromatic nitrogens is 2. The number of rotatable bonds is 4. The van der Waals surface area contributed by atoms with Crippen molar-refractivity contribution >= 4 is 16.9 Å². The van der Waals surface area contributed by atoms with Crippen LogP contribution in [0, 0.1) is 11.3 Å². The van der Waals surface area contributed by atoms with Crippen molar-refractivity contribution in [1.82, 2.24) is 9.97 Å². The lowest BCUT2D eigenvalue weighted by Gasteiger charge is -2.11. The number of carboxylic acids is 1. The van der Waals surface area contributed by atoms with Crippen LogP contribution in [0.4, 0.5) is 0 Å². The molecular weight excluding hydrogens is 314 g/mol. The predicted octanol–water partition coefficient (Wildman–Crippen LogP) is 3.78. The third-order valence-electron chi connectivity index (χ3n) is 5.02. The van der Waals surface area contributed by atoms with E-state index >= 15 is 0 Å². The maximum Gasteiger partial charge on any atom is 0.354 e. The summed E-state index contributed by atoms with van der Waals surface area (Å²) in [5.74, 6) is -1.02. The van der Waals surface area contributed by atoms with Crippen LogP contribution >= 0.6 is 0 Å². The molecule has 5 heteroatoms. The summed E-state index contributed by atoms with van der Waals surface area (Å²) in [6, 6.07) is 12.9. The molecule has 2 aromatic heterocycles. The molecule has 2 N–H and O–H groups in total. The number of aromatic carboxylic acids is 1. The highest BCUT2D eigenvalue weighted by molar-refractivity contribution is 5.87. The van der Waals surface area contributed by atoms with Crippen LogP contribution in [0.3, 0.4) is 0 Å². The van der Waals surface area contributed by atoms with E-state index in [1.807, 2.05) is 24.3 Å². The van der Waals surface area contributed by atoms with Crippen molar-refractivity contribution in [3.05, 3.63) is 64.6 Å². The Balaban J connectivity index is 1.84. The molecule has 0 unspecified atom stereocenters. The second kappa shape index (κ2) is 5.45. The van der Waals surface area contributed by atoms with Gasteiger partial charge < -0.3 is 10.1 Å². The molecule has 1 aliphatic carbocycles. The Kier molecular flexibility index (Phi) is 3.36. The average molecular weight is 331 g/mol. The van der Waals surface area contributed by atoms with Crippen LogP contribution in [0.1, 0.15) is 52.8 Å². The van der Waals surface area contributed by atoms with Crippen LogP contribution in [0.2, 0.25) is 0 Å². The summed E-state index contributed by atoms with van der Waals surface area (Å²) in [6.07, 6.45) is 2.82. The molecule has 0 saturated heterocycles. The van der Waals surface area contributed by atoms with E-state index in [-0.39, 0.29) is 11.1 Å². The quantitative estimate of drug-likeness (QED) is 0.761. The summed E-state index contributed by atoms with van der Waals surface area (Å²) in [7, 11) is 0. The van der Waals surface area contributed by atoms with E-state index in [0.29, 0.717) is 12.0 Å². The lowest BCUT2D eigenvalue weighted by Crippen LogP contribution is -2.07. The van der Waals surface area contributed by atoms with Crippen LogP contribution in [0.15, 0.2) is 36.4 Å². The number of hydrogen-bond acceptors (Lipinski definition) is 3. The van der Waals surface area contributed by atoms with E-state index in [0.717, 1.165) is 35.0 Å². The highest BCUT2D eigenvalue weighted by atomic mass is 16.4. The van der Waals surface area contributed by atoms with E-state index in [4.69, 9.17) is 10.4 Å². The van der Waals surface area contributed by atoms with Gasteiger partial charge in [-0.05, 0) is 42.7 Å². The predicted molar refractivity (Wildman–Crippen MR) is 93.6 cm³/mol. The van der Waals surface area contributed by atoms with E-state index in [1.54, 1.807) is 6.07 Å². The Morgan fingerprint density at radius 3 is 2.84 bits per heavy atom. The van der Waals surface area contributed by atoms with Gasteiger partial charge in [0.15, 0.2) is 0 Å². The topological polar surface area (TPSA) is 89.8 Å². The van der Waals surface area contributed by atoms with Crippen LogP contribution in [-0.4, -0.2) is 21.0 Å². The number of carbonyl (C=O) groups is 1. The molecule has 2 heterocycles. The van der Waals surface area contributed by atoms with Gasteiger partial charge in [-0.3, -0.25) is 0 Å². The number of pyridine rings is 1. The molecule has 25 heavy (non-hydrogen) atoms. The minimum absolute atomic E-state index is 0.0586. The third-order valence-corrected chi connectivity index (χ3v) is 5.02. The Morgan fingerprint density at radius 2 is 2.16 bits per heavy atom. The number of nitrogens with zero attached hydrogens (tertiary/aromatic N) is 2. The van der Waals surface area contributed by atoms with Crippen LogP contribution in [0.5, 0.6) is 0 Å². The first kappa shape index (κ1) is 15.4. The van der Waals surface area contributed by atoms with Gasteiger partial charge in [0, 0.05) is 34.1 Å². The first-order chi connectivity index (χ1) is 12.0. The first-order valence-corrected chi connectivity index (χ1v) is 8.24. The van der Waals surface area contributed by atoms with Crippen LogP contribution in [-0.2, 0) is 11.8 Å². The Bertz CT molecular complexity index is 1040. The normalized spacial score (nSPS) is 15.0. The molecule has 1 aliphatic rings. The standard InChI is InChI=1S/C20H17N3O2/c1-20(7-8-20)18-15(10-13-3-2-4-16(22-13)19(24)25)14-6-5-12(11-21)9-17(14)23-18/h2-6,9,23H,7-8,10H2,1H3,(H,24,25). The number of nitrogens with one attached hydrogen (secondary N) is 1. The first-order valence-electron chi connectivity index (χ1n) is 8.24. The zero-order valence-electron chi connectivity index (χ0n) is 13.8. The third kappa shape index (κ3) is 2.66. The molecule has 1 aromatic carbocycles. The van der Waals surface area contributed by atoms with Gasteiger partial charge in [-0.1, -0.05) is 19.1 Å². The number of carboxylic acid groups (broad SMARTS) is 1. The van der Waals surface area contributed by atoms with Gasteiger partial charge in [-0.15, -0.1) is 0 Å². The number of nitriles is 1. The molecule has 3 aromatic rings. The number of aromatic amines is 1. The van der Waals surface area contributed by atoms with E-state index in [9.17, 15) is 4.79 Å². The molecule has 124 valence electrons. The van der Waals surface area contributed by atoms with Gasteiger partial charge >= 0.3 is 5.97 Å². The van der Waals surface area contributed by atoms with Crippen molar-refractivity contribution in [2.75, 3.05) is 0 Å². The molecule has 1 fully saturated rings. The number of H-pyrrole nitrogens is 1. The highest BCUT2D eigenvalue weighted by Crippen LogP contribution is 2.50. The van der Waals surface area contributed by atoms with Gasteiger partial charge in [-0.2, -0.15) is 5.26 Å². The van der Waals surface area contributed by atoms with Crippen molar-refractivity contribution in [1.29, 1.82) is 5.26 Å². The van der Waals surface area contributed by atoms with E-state index in [1.165, 1.54) is 11.8 Å². The average Bonchev–Trinajstić information content (AvgIpc) is 3.26. The van der Waals surface area contributed by atoms with E-state index < -0.39 is 5.97 Å². The van der Waals surface area contributed by atoms with Gasteiger partial charge in [0.1, 0.15) is 5.69 Å². The second-order valence-electron chi connectivity index (χ2n) is 6.91. The Hall–Kier alpha value is -3.13. The van der Waals surface area contributed by atoms with Crippen molar-refractivity contribution in [3.63, 3.8) is 0 Å². The van der Waals surface area contributed by atoms with Crippen LogP contribution < -0.4 is 0 Å². The molecule has 0 radical (unpaired) electrons. The highest BCUT2D eigenvalue weighted by Gasteiger charge is 2.42. The maximum absolute atomic E-state index is 11.2. The summed E-state index contributed by atoms with van der Waals surface area (Å²) < 4.78 is 0. The number of benzene rings is 1. The lowest BCUT2D eigenvalue weighted by molar-refractivity contribution is 0.0690. The molecule has 4 rings (SSSR count). The summed E-state index contributed by atoms with van der Waals surface area (Å²) in [4.78, 5) is 18.9. The molecule has 0 atom stereocenters. The minimum Gasteiger partial charge on any atom is -0.477 e. The molecule has 5 nitrogen and oxygen atoms in total. The van der Waals surface area contributed by atoms with Crippen molar-refractivity contribution in [3.8, 4) is 6.07 Å². The van der Waals surface area contributed by atoms with Crippen molar-refractivity contribution < 1.29 is 9.90 Å². The number of hydrogen-bond donors (Lipinski definition) is 2. The van der Waals surface area contributed by atoms with Gasteiger partial charge in [0.05, 0.1) is 11.6 Å². The second-order valence-corrected chi connectivity index (χ2v) is 6.91. The van der Waals surface area contributed by atoms with Gasteiger partial charge in [0.25, 0.3) is 0 Å². The summed E-state index contributed by atoms with van der Waals surface area (Å²) >= 11 is 0. The zero-order chi connectivity index (χ0) is 17.6. The zero-order valence-corrected chi connectivity index (χ0v) is 13.8. The molecular formula is C20H17N3O2. The SMILES string of the molecule is CC1(c2[nH]c3cc(C#N)ccc3c2Cc2cccc(C(=O)O)n2)CC1. The molecule has 0 amide bonds. The largest absolute Gasteiger partial charge is 0.477 e. The lowest BCUT2D eigenvalue weighted by atomic mass is 9.96. The smallest absolute Gasteiger partial charge is 0.354 e. The molecule has 0 bridgehead atoms. The summed E-state index contributed by atoms with van der Waals surface area (Å²) in [6.45, 7) is 2.23. The molecule has 1 saturated carbocycles. The maximum atomic E-state index is 11.2. The summed E-state index contributed by atoms with van der Waals surface area (Å²) in [5.41, 5.74) is 4.82. The van der Waals surface area contributed by atoms with Gasteiger partial charge in [-0.25, -0.2) is 9.78 Å². The van der Waals surface area contributed by atoms with Crippen molar-refractivity contribution in [2.24, 2.45) is 0 Å². The molecule has 0 spiro atoms. The van der Waals surface area contributed by atoms with Crippen LogP contribution in [0.25, 0.3) is 10.9 Å². The minimum atomic E-state index is -1.02. The fourth-order valence-corrected chi connectivity index (χ4v) is 3.34. The fraction of sp³-hybridized carbons (Fsp3) is 0.250. The number of fused-ring (bicyclic) bond motifs is 1. The summed E-state index contributed by atoms with van der Waals surface area (Å²) in [5, 5.41) is 19.4. The Morgan fingerprint density at radius 1 is 1.36 bits per heavy atom. The van der Waals surface area contributed by atoms with Crippen molar-refractivity contribution in [2.45, 2.75) is 31.6 Å². The fourth-order valence-electron chi connectivity index (χ4n) is 3.34. The van der Waals surface area contributed by atoms with E-state index in [2.05, 4.69) is 23.0 Å². The Labute approximate surface area is 144 Å². The van der Waals surface area contributed by atoms with Gasteiger partial charge in [0.2, 0.25) is 0 Å².